The van der Waals surface area contributed by atoms with Crippen molar-refractivity contribution in [3.8, 4) is 0 Å². The van der Waals surface area contributed by atoms with Crippen LogP contribution in [0.1, 0.15) is 39.2 Å². The molecule has 0 spiro atoms. The van der Waals surface area contributed by atoms with Crippen LogP contribution in [0.5, 0.6) is 0 Å². The Balaban J connectivity index is 2.20. The van der Waals surface area contributed by atoms with Gasteiger partial charge in [0.1, 0.15) is 0 Å². The van der Waals surface area contributed by atoms with Gasteiger partial charge in [-0.3, -0.25) is 0 Å². The van der Waals surface area contributed by atoms with Crippen molar-refractivity contribution in [2.75, 3.05) is 11.9 Å². The van der Waals surface area contributed by atoms with Gasteiger partial charge < -0.3 is 10.2 Å². The summed E-state index contributed by atoms with van der Waals surface area (Å²) in [7, 11) is 2.17. The zero-order valence-electron chi connectivity index (χ0n) is 11.8. The number of rotatable bonds is 4. The van der Waals surface area contributed by atoms with Crippen molar-refractivity contribution in [1.29, 1.82) is 0 Å². The minimum Gasteiger partial charge on any atom is -0.371 e. The molecule has 0 radical (unpaired) electrons. The predicted molar refractivity (Wildman–Crippen MR) is 79.5 cm³/mol. The molecule has 0 atom stereocenters. The fourth-order valence-corrected chi connectivity index (χ4v) is 2.30. The second-order valence-corrected chi connectivity index (χ2v) is 6.59. The van der Waals surface area contributed by atoms with Crippen molar-refractivity contribution in [2.45, 2.75) is 51.7 Å². The van der Waals surface area contributed by atoms with Gasteiger partial charge in [-0.1, -0.05) is 17.7 Å². The summed E-state index contributed by atoms with van der Waals surface area (Å²) in [5.74, 6) is 0. The quantitative estimate of drug-likeness (QED) is 0.891. The standard InChI is InChI=1S/C15H23ClN2/c1-15(2,3)17-10-12-13(16)6-5-7-14(12)18(4)11-8-9-11/h5-7,11,17H,8-10H2,1-4H3. The molecule has 2 rings (SSSR count). The van der Waals surface area contributed by atoms with Crippen LogP contribution in [0.3, 0.4) is 0 Å². The lowest BCUT2D eigenvalue weighted by Crippen LogP contribution is -2.35. The molecule has 100 valence electrons. The van der Waals surface area contributed by atoms with E-state index in [-0.39, 0.29) is 5.54 Å². The number of halogens is 1. The van der Waals surface area contributed by atoms with Crippen molar-refractivity contribution in [2.24, 2.45) is 0 Å². The molecule has 1 aromatic rings. The molecule has 0 unspecified atom stereocenters. The lowest BCUT2D eigenvalue weighted by atomic mass is 10.1. The first-order chi connectivity index (χ1) is 8.38. The summed E-state index contributed by atoms with van der Waals surface area (Å²) in [6.07, 6.45) is 2.60. The van der Waals surface area contributed by atoms with Gasteiger partial charge in [0, 0.05) is 41.4 Å². The molecule has 1 fully saturated rings. The highest BCUT2D eigenvalue weighted by Crippen LogP contribution is 2.34. The smallest absolute Gasteiger partial charge is 0.0471 e. The van der Waals surface area contributed by atoms with E-state index in [0.717, 1.165) is 11.6 Å². The van der Waals surface area contributed by atoms with E-state index in [1.807, 2.05) is 12.1 Å². The van der Waals surface area contributed by atoms with Gasteiger partial charge in [0.2, 0.25) is 0 Å². The van der Waals surface area contributed by atoms with Gasteiger partial charge in [-0.25, -0.2) is 0 Å². The van der Waals surface area contributed by atoms with Crippen LogP contribution < -0.4 is 10.2 Å². The first kappa shape index (κ1) is 13.7. The van der Waals surface area contributed by atoms with Crippen molar-refractivity contribution >= 4 is 17.3 Å². The summed E-state index contributed by atoms with van der Waals surface area (Å²) in [6.45, 7) is 7.34. The zero-order chi connectivity index (χ0) is 13.3. The molecule has 1 aliphatic rings. The minimum absolute atomic E-state index is 0.106. The van der Waals surface area contributed by atoms with E-state index in [0.29, 0.717) is 6.04 Å². The summed E-state index contributed by atoms with van der Waals surface area (Å²) in [4.78, 5) is 2.37. The lowest BCUT2D eigenvalue weighted by Gasteiger charge is -2.26. The molecule has 0 bridgehead atoms. The Labute approximate surface area is 115 Å². The van der Waals surface area contributed by atoms with Crippen LogP contribution in [0.2, 0.25) is 5.02 Å². The van der Waals surface area contributed by atoms with Gasteiger partial charge in [0.05, 0.1) is 0 Å². The second kappa shape index (κ2) is 5.10. The lowest BCUT2D eigenvalue weighted by molar-refractivity contribution is 0.424. The summed E-state index contributed by atoms with van der Waals surface area (Å²) >= 11 is 6.36. The van der Waals surface area contributed by atoms with Gasteiger partial charge in [-0.15, -0.1) is 0 Å². The maximum atomic E-state index is 6.36. The fourth-order valence-electron chi connectivity index (χ4n) is 2.06. The first-order valence-corrected chi connectivity index (χ1v) is 7.01. The molecule has 1 aliphatic carbocycles. The van der Waals surface area contributed by atoms with Crippen LogP contribution in [0.15, 0.2) is 18.2 Å². The van der Waals surface area contributed by atoms with Crippen molar-refractivity contribution in [3.05, 3.63) is 28.8 Å². The SMILES string of the molecule is CN(c1cccc(Cl)c1CNC(C)(C)C)C1CC1. The minimum atomic E-state index is 0.106. The Morgan fingerprint density at radius 2 is 2.00 bits per heavy atom. The number of hydrogen-bond acceptors (Lipinski definition) is 2. The third-order valence-corrected chi connectivity index (χ3v) is 3.72. The van der Waals surface area contributed by atoms with Crippen molar-refractivity contribution < 1.29 is 0 Å². The molecule has 1 saturated carbocycles. The van der Waals surface area contributed by atoms with E-state index in [1.54, 1.807) is 0 Å². The highest BCUT2D eigenvalue weighted by Gasteiger charge is 2.28. The summed E-state index contributed by atoms with van der Waals surface area (Å²) < 4.78 is 0. The summed E-state index contributed by atoms with van der Waals surface area (Å²) in [5, 5.41) is 4.38. The Morgan fingerprint density at radius 1 is 1.33 bits per heavy atom. The monoisotopic (exact) mass is 266 g/mol. The number of anilines is 1. The Kier molecular flexibility index (Phi) is 3.88. The Hall–Kier alpha value is -0.730. The molecule has 0 aliphatic heterocycles. The zero-order valence-corrected chi connectivity index (χ0v) is 12.5. The van der Waals surface area contributed by atoms with Crippen LogP contribution in [-0.4, -0.2) is 18.6 Å². The number of hydrogen-bond donors (Lipinski definition) is 1. The first-order valence-electron chi connectivity index (χ1n) is 6.64. The molecule has 18 heavy (non-hydrogen) atoms. The third-order valence-electron chi connectivity index (χ3n) is 3.36. The highest BCUT2D eigenvalue weighted by atomic mass is 35.5. The predicted octanol–water partition coefficient (Wildman–Crippen LogP) is 3.83. The van der Waals surface area contributed by atoms with E-state index < -0.39 is 0 Å². The number of nitrogens with zero attached hydrogens (tertiary/aromatic N) is 1. The third kappa shape index (κ3) is 3.39. The summed E-state index contributed by atoms with van der Waals surface area (Å²) in [6, 6.07) is 6.89. The molecular weight excluding hydrogens is 244 g/mol. The van der Waals surface area contributed by atoms with Crippen molar-refractivity contribution in [3.63, 3.8) is 0 Å². The molecule has 0 aromatic heterocycles. The number of benzene rings is 1. The largest absolute Gasteiger partial charge is 0.371 e. The highest BCUT2D eigenvalue weighted by molar-refractivity contribution is 6.31. The van der Waals surface area contributed by atoms with E-state index in [9.17, 15) is 0 Å². The molecule has 0 heterocycles. The average Bonchev–Trinajstić information content (AvgIpc) is 3.08. The van der Waals surface area contributed by atoms with Gasteiger partial charge in [-0.05, 0) is 45.7 Å². The maximum absolute atomic E-state index is 6.36. The van der Waals surface area contributed by atoms with Crippen LogP contribution in [0, 0.1) is 0 Å². The topological polar surface area (TPSA) is 15.3 Å². The van der Waals surface area contributed by atoms with Crippen molar-refractivity contribution in [1.82, 2.24) is 5.32 Å². The molecule has 0 amide bonds. The summed E-state index contributed by atoms with van der Waals surface area (Å²) in [5.41, 5.74) is 2.58. The second-order valence-electron chi connectivity index (χ2n) is 6.18. The van der Waals surface area contributed by atoms with E-state index in [2.05, 4.69) is 44.1 Å². The van der Waals surface area contributed by atoms with Gasteiger partial charge in [-0.2, -0.15) is 0 Å². The van der Waals surface area contributed by atoms with Gasteiger partial charge in [0.15, 0.2) is 0 Å². The molecule has 1 N–H and O–H groups in total. The van der Waals surface area contributed by atoms with Gasteiger partial charge >= 0.3 is 0 Å². The van der Waals surface area contributed by atoms with Crippen LogP contribution in [0.25, 0.3) is 0 Å². The molecule has 2 nitrogen and oxygen atoms in total. The molecule has 1 aromatic carbocycles. The van der Waals surface area contributed by atoms with E-state index in [4.69, 9.17) is 11.6 Å². The fraction of sp³-hybridized carbons (Fsp3) is 0.600. The molecular formula is C15H23ClN2. The van der Waals surface area contributed by atoms with Crippen LogP contribution in [0.4, 0.5) is 5.69 Å². The van der Waals surface area contributed by atoms with Crippen LogP contribution in [-0.2, 0) is 6.54 Å². The Morgan fingerprint density at radius 3 is 2.56 bits per heavy atom. The maximum Gasteiger partial charge on any atom is 0.0471 e. The number of nitrogens with one attached hydrogen (secondary N) is 1. The molecule has 3 heteroatoms. The average molecular weight is 267 g/mol. The van der Waals surface area contributed by atoms with E-state index in [1.165, 1.54) is 24.1 Å². The Bertz CT molecular complexity index is 419. The van der Waals surface area contributed by atoms with E-state index >= 15 is 0 Å². The normalized spacial score (nSPS) is 15.8. The van der Waals surface area contributed by atoms with Gasteiger partial charge in [0.25, 0.3) is 0 Å². The molecule has 0 saturated heterocycles. The van der Waals surface area contributed by atoms with Crippen LogP contribution >= 0.6 is 11.6 Å².